The molecule has 0 radical (unpaired) electrons. The molecular formula is C14H20N4O2. The van der Waals surface area contributed by atoms with Gasteiger partial charge in [-0.3, -0.25) is 4.79 Å². The first kappa shape index (κ1) is 14.2. The molecule has 0 bridgehead atoms. The minimum atomic E-state index is 0.0313. The predicted octanol–water partition coefficient (Wildman–Crippen LogP) is 1.50. The molecule has 108 valence electrons. The number of rotatable bonds is 5. The van der Waals surface area contributed by atoms with E-state index < -0.39 is 0 Å². The zero-order chi connectivity index (χ0) is 14.7. The number of aromatic nitrogens is 2. The van der Waals surface area contributed by atoms with Gasteiger partial charge in [-0.1, -0.05) is 6.07 Å². The van der Waals surface area contributed by atoms with Gasteiger partial charge in [-0.25, -0.2) is 4.98 Å². The van der Waals surface area contributed by atoms with Crippen molar-refractivity contribution >= 4 is 22.9 Å². The van der Waals surface area contributed by atoms with E-state index in [0.29, 0.717) is 30.3 Å². The molecule has 1 aromatic carbocycles. The molecule has 6 nitrogen and oxygen atoms in total. The molecule has 0 aliphatic rings. The second-order valence-electron chi connectivity index (χ2n) is 4.45. The number of ether oxygens (including phenoxy) is 1. The lowest BCUT2D eigenvalue weighted by Crippen LogP contribution is -2.33. The minimum Gasteiger partial charge on any atom is -0.494 e. The molecule has 1 heterocycles. The van der Waals surface area contributed by atoms with Gasteiger partial charge < -0.3 is 19.9 Å². The molecule has 6 heteroatoms. The third-order valence-corrected chi connectivity index (χ3v) is 3.40. The minimum absolute atomic E-state index is 0.0313. The summed E-state index contributed by atoms with van der Waals surface area (Å²) in [5.41, 5.74) is 7.42. The highest BCUT2D eigenvalue weighted by molar-refractivity contribution is 5.86. The fourth-order valence-electron chi connectivity index (χ4n) is 2.28. The van der Waals surface area contributed by atoms with Gasteiger partial charge in [0.25, 0.3) is 0 Å². The largest absolute Gasteiger partial charge is 0.494 e. The Labute approximate surface area is 118 Å². The Balaban J connectivity index is 2.40. The van der Waals surface area contributed by atoms with Crippen molar-refractivity contribution in [3.8, 4) is 5.75 Å². The third-order valence-electron chi connectivity index (χ3n) is 3.40. The number of carbonyl (C=O) groups is 1. The van der Waals surface area contributed by atoms with Crippen LogP contribution in [0.15, 0.2) is 18.2 Å². The monoisotopic (exact) mass is 276 g/mol. The van der Waals surface area contributed by atoms with Gasteiger partial charge >= 0.3 is 0 Å². The van der Waals surface area contributed by atoms with Gasteiger partial charge in [-0.2, -0.15) is 0 Å². The molecule has 0 saturated carbocycles. The Hall–Kier alpha value is -2.24. The summed E-state index contributed by atoms with van der Waals surface area (Å²) in [6, 6.07) is 5.57. The molecule has 0 saturated heterocycles. The first-order valence-corrected chi connectivity index (χ1v) is 6.68. The van der Waals surface area contributed by atoms with Crippen molar-refractivity contribution in [2.24, 2.45) is 0 Å². The van der Waals surface area contributed by atoms with Crippen LogP contribution >= 0.6 is 0 Å². The molecule has 2 rings (SSSR count). The SMILES string of the molecule is CCN(CC)C(=O)Cn1c(N)nc2c(OC)cccc21. The summed E-state index contributed by atoms with van der Waals surface area (Å²) in [5, 5.41) is 0. The van der Waals surface area contributed by atoms with E-state index in [2.05, 4.69) is 4.98 Å². The third kappa shape index (κ3) is 2.41. The number of hydrogen-bond acceptors (Lipinski definition) is 4. The van der Waals surface area contributed by atoms with Crippen molar-refractivity contribution in [3.05, 3.63) is 18.2 Å². The predicted molar refractivity (Wildman–Crippen MR) is 78.6 cm³/mol. The van der Waals surface area contributed by atoms with E-state index in [-0.39, 0.29) is 12.5 Å². The smallest absolute Gasteiger partial charge is 0.242 e. The quantitative estimate of drug-likeness (QED) is 0.898. The van der Waals surface area contributed by atoms with E-state index in [4.69, 9.17) is 10.5 Å². The van der Waals surface area contributed by atoms with Crippen LogP contribution in [0.3, 0.4) is 0 Å². The number of methoxy groups -OCH3 is 1. The lowest BCUT2D eigenvalue weighted by atomic mass is 10.3. The van der Waals surface area contributed by atoms with Crippen molar-refractivity contribution in [3.63, 3.8) is 0 Å². The molecule has 20 heavy (non-hydrogen) atoms. The Morgan fingerprint density at radius 2 is 2.10 bits per heavy atom. The first-order chi connectivity index (χ1) is 9.62. The maximum Gasteiger partial charge on any atom is 0.242 e. The first-order valence-electron chi connectivity index (χ1n) is 6.68. The summed E-state index contributed by atoms with van der Waals surface area (Å²) in [6.45, 7) is 5.48. The highest BCUT2D eigenvalue weighted by Crippen LogP contribution is 2.26. The second-order valence-corrected chi connectivity index (χ2v) is 4.45. The number of nitrogen functional groups attached to an aromatic ring is 1. The summed E-state index contributed by atoms with van der Waals surface area (Å²) >= 11 is 0. The molecule has 0 unspecified atom stereocenters. The summed E-state index contributed by atoms with van der Waals surface area (Å²) in [4.78, 5) is 18.3. The lowest BCUT2D eigenvalue weighted by Gasteiger charge is -2.19. The number of benzene rings is 1. The molecule has 0 aliphatic carbocycles. The number of carbonyl (C=O) groups excluding carboxylic acids is 1. The van der Waals surface area contributed by atoms with Crippen molar-refractivity contribution < 1.29 is 9.53 Å². The van der Waals surface area contributed by atoms with Gasteiger partial charge in [0.2, 0.25) is 11.9 Å². The molecule has 1 amide bonds. The van der Waals surface area contributed by atoms with Crippen molar-refractivity contribution in [2.45, 2.75) is 20.4 Å². The topological polar surface area (TPSA) is 73.4 Å². The highest BCUT2D eigenvalue weighted by Gasteiger charge is 2.16. The number of nitrogens with two attached hydrogens (primary N) is 1. The summed E-state index contributed by atoms with van der Waals surface area (Å²) in [6.07, 6.45) is 0. The number of nitrogens with zero attached hydrogens (tertiary/aromatic N) is 3. The van der Waals surface area contributed by atoms with E-state index >= 15 is 0 Å². The van der Waals surface area contributed by atoms with Gasteiger partial charge in [-0.05, 0) is 26.0 Å². The van der Waals surface area contributed by atoms with Crippen LogP contribution in [-0.2, 0) is 11.3 Å². The van der Waals surface area contributed by atoms with Crippen LogP contribution in [0.4, 0.5) is 5.95 Å². The highest BCUT2D eigenvalue weighted by atomic mass is 16.5. The maximum absolute atomic E-state index is 12.2. The van der Waals surface area contributed by atoms with Crippen molar-refractivity contribution in [2.75, 3.05) is 25.9 Å². The number of para-hydroxylation sites is 1. The van der Waals surface area contributed by atoms with Crippen LogP contribution in [-0.4, -0.2) is 40.6 Å². The van der Waals surface area contributed by atoms with Crippen LogP contribution in [0, 0.1) is 0 Å². The summed E-state index contributed by atoms with van der Waals surface area (Å²) in [5.74, 6) is 1.01. The number of anilines is 1. The zero-order valence-corrected chi connectivity index (χ0v) is 12.1. The molecule has 2 aromatic rings. The molecule has 1 aromatic heterocycles. The fraction of sp³-hybridized carbons (Fsp3) is 0.429. The standard InChI is InChI=1S/C14H20N4O2/c1-4-17(5-2)12(19)9-18-10-7-6-8-11(20-3)13(10)16-14(18)15/h6-8H,4-5,9H2,1-3H3,(H2,15,16). The van der Waals surface area contributed by atoms with Gasteiger partial charge in [0, 0.05) is 13.1 Å². The number of imidazole rings is 1. The fourth-order valence-corrected chi connectivity index (χ4v) is 2.28. The van der Waals surface area contributed by atoms with Gasteiger partial charge in [0.15, 0.2) is 0 Å². The van der Waals surface area contributed by atoms with Gasteiger partial charge in [0.05, 0.1) is 12.6 Å². The Kier molecular flexibility index (Phi) is 4.12. The number of hydrogen-bond donors (Lipinski definition) is 1. The molecule has 0 fully saturated rings. The van der Waals surface area contributed by atoms with Crippen molar-refractivity contribution in [1.29, 1.82) is 0 Å². The van der Waals surface area contributed by atoms with Crippen LogP contribution in [0.5, 0.6) is 5.75 Å². The Bertz CT molecular complexity index is 617. The molecule has 2 N–H and O–H groups in total. The van der Waals surface area contributed by atoms with E-state index in [1.807, 2.05) is 32.0 Å². The Morgan fingerprint density at radius 1 is 1.40 bits per heavy atom. The molecule has 0 spiro atoms. The normalized spacial score (nSPS) is 10.8. The molecule has 0 atom stereocenters. The summed E-state index contributed by atoms with van der Waals surface area (Å²) < 4.78 is 6.98. The number of likely N-dealkylation sites (N-methyl/N-ethyl adjacent to an activating group) is 1. The molecule has 0 aliphatic heterocycles. The van der Waals surface area contributed by atoms with Crippen LogP contribution in [0.2, 0.25) is 0 Å². The maximum atomic E-state index is 12.2. The van der Waals surface area contributed by atoms with E-state index in [0.717, 1.165) is 5.52 Å². The van der Waals surface area contributed by atoms with E-state index in [1.165, 1.54) is 0 Å². The van der Waals surface area contributed by atoms with Crippen LogP contribution < -0.4 is 10.5 Å². The van der Waals surface area contributed by atoms with Gasteiger partial charge in [0.1, 0.15) is 17.8 Å². The van der Waals surface area contributed by atoms with Crippen molar-refractivity contribution in [1.82, 2.24) is 14.5 Å². The van der Waals surface area contributed by atoms with E-state index in [1.54, 1.807) is 16.6 Å². The average molecular weight is 276 g/mol. The van der Waals surface area contributed by atoms with Crippen LogP contribution in [0.25, 0.3) is 11.0 Å². The zero-order valence-electron chi connectivity index (χ0n) is 12.1. The Morgan fingerprint density at radius 3 is 2.70 bits per heavy atom. The number of fused-ring (bicyclic) bond motifs is 1. The van der Waals surface area contributed by atoms with E-state index in [9.17, 15) is 4.79 Å². The summed E-state index contributed by atoms with van der Waals surface area (Å²) in [7, 11) is 1.59. The van der Waals surface area contributed by atoms with Crippen LogP contribution in [0.1, 0.15) is 13.8 Å². The van der Waals surface area contributed by atoms with Gasteiger partial charge in [-0.15, -0.1) is 0 Å². The number of amides is 1. The lowest BCUT2D eigenvalue weighted by molar-refractivity contribution is -0.131. The molecular weight excluding hydrogens is 256 g/mol. The average Bonchev–Trinajstić information content (AvgIpc) is 2.76. The second kappa shape index (κ2) is 5.81.